The Morgan fingerprint density at radius 1 is 0.203 bits per heavy atom. The van der Waals surface area contributed by atoms with Gasteiger partial charge in [0.1, 0.15) is 54.9 Å². The number of benzene rings is 13. The number of hydrogen-bond donors (Lipinski definition) is 2. The van der Waals surface area contributed by atoms with Gasteiger partial charge in [0.25, 0.3) is 0 Å². The van der Waals surface area contributed by atoms with E-state index in [-0.39, 0.29) is 172 Å². The fourth-order valence-electron chi connectivity index (χ4n) is 17.4. The minimum atomic E-state index is -0.727. The highest BCUT2D eigenvalue weighted by Gasteiger charge is 2.41. The lowest BCUT2D eigenvalue weighted by Crippen LogP contribution is -2.23. The van der Waals surface area contributed by atoms with Crippen molar-refractivity contribution in [2.45, 2.75) is 116 Å². The Balaban J connectivity index is 0.916. The van der Waals surface area contributed by atoms with Gasteiger partial charge in [-0.3, -0.25) is 0 Å². The highest BCUT2D eigenvalue weighted by Crippen LogP contribution is 2.60. The monoisotopic (exact) mass is 1940 g/mol. The second-order valence-electron chi connectivity index (χ2n) is 35.1. The van der Waals surface area contributed by atoms with Gasteiger partial charge in [-0.05, 0) is 68.3 Å². The van der Waals surface area contributed by atoms with Crippen molar-refractivity contribution in [1.82, 2.24) is 39.9 Å². The molecule has 16 aromatic rings. The molecule has 11 nitrogen and oxygen atoms in total. The first-order valence-corrected chi connectivity index (χ1v) is 46.0. The first-order chi connectivity index (χ1) is 60.9. The second kappa shape index (κ2) is 33.6. The van der Waals surface area contributed by atoms with Gasteiger partial charge in [0.15, 0.2) is 40.5 Å². The van der Waals surface area contributed by atoms with Crippen LogP contribution in [0.5, 0.6) is 34.5 Å². The van der Waals surface area contributed by atoms with Gasteiger partial charge in [-0.2, -0.15) is 0 Å². The van der Waals surface area contributed by atoms with E-state index >= 15 is 0 Å². The maximum atomic E-state index is 8.14. The van der Waals surface area contributed by atoms with Crippen LogP contribution in [0, 0.1) is 0 Å². The molecule has 0 amide bonds. The van der Waals surface area contributed by atoms with Gasteiger partial charge >= 0.3 is 0 Å². The van der Waals surface area contributed by atoms with Crippen molar-refractivity contribution in [3.8, 4) is 80.0 Å². The first kappa shape index (κ1) is 89.0. The van der Waals surface area contributed by atoms with Gasteiger partial charge in [0, 0.05) is 49.2 Å². The summed E-state index contributed by atoms with van der Waals surface area (Å²) in [6.45, 7) is 25.9. The highest BCUT2D eigenvalue weighted by molar-refractivity contribution is 6.57. The molecule has 0 unspecified atom stereocenters. The summed E-state index contributed by atoms with van der Waals surface area (Å²) >= 11 is 100. The molecule has 5 heterocycles. The van der Waals surface area contributed by atoms with Gasteiger partial charge in [0.2, 0.25) is 0 Å². The zero-order chi connectivity index (χ0) is 90.5. The van der Waals surface area contributed by atoms with Crippen LogP contribution in [0.3, 0.4) is 0 Å². The smallest absolute Gasteiger partial charge is 0.166 e. The van der Waals surface area contributed by atoms with E-state index < -0.39 is 32.5 Å². The van der Waals surface area contributed by atoms with E-state index in [9.17, 15) is 0 Å². The van der Waals surface area contributed by atoms with E-state index in [0.717, 1.165) is 66.8 Å². The minimum absolute atomic E-state index is 0.0202. The Labute approximate surface area is 805 Å². The van der Waals surface area contributed by atoms with E-state index in [4.69, 9.17) is 195 Å². The van der Waals surface area contributed by atoms with E-state index in [1.165, 1.54) is 0 Å². The van der Waals surface area contributed by atoms with Crippen LogP contribution in [-0.4, -0.2) is 39.9 Å². The third kappa shape index (κ3) is 15.0. The zero-order valence-corrected chi connectivity index (χ0v) is 80.7. The third-order valence-electron chi connectivity index (χ3n) is 25.5. The number of ether oxygens (including phenoxy) is 3. The summed E-state index contributed by atoms with van der Waals surface area (Å²) in [6, 6.07) is 79.7. The van der Waals surface area contributed by atoms with Crippen molar-refractivity contribution < 1.29 is 14.2 Å². The fraction of sp³-hybridized carbons (Fsp3) is 0.173. The predicted molar refractivity (Wildman–Crippen MR) is 532 cm³/mol. The highest BCUT2D eigenvalue weighted by atomic mass is 35.5. The number of H-pyrrole nitrogens is 2. The molecule has 18 rings (SSSR count). The van der Waals surface area contributed by atoms with Gasteiger partial charge in [-0.1, -0.05) is 452 Å². The second-order valence-corrected chi connectivity index (χ2v) is 40.0. The van der Waals surface area contributed by atoms with Gasteiger partial charge < -0.3 is 24.2 Å². The third-order valence-corrected chi connectivity index (χ3v) is 30.8. The fourth-order valence-corrected chi connectivity index (χ4v) is 21.0. The molecule has 0 saturated carbocycles. The number of rotatable bonds is 18. The summed E-state index contributed by atoms with van der Waals surface area (Å²) in [4.78, 5) is 38.9. The topological polar surface area (TPSA) is 137 Å². The zero-order valence-electron chi connectivity index (χ0n) is 70.8. The molecule has 2 aliphatic rings. The predicted octanol–water partition coefficient (Wildman–Crippen LogP) is 34.7. The van der Waals surface area contributed by atoms with Crippen LogP contribution in [0.4, 0.5) is 0 Å². The summed E-state index contributed by atoms with van der Waals surface area (Å²) in [5.41, 5.74) is 8.38. The van der Waals surface area contributed by atoms with Crippen LogP contribution in [0.1, 0.15) is 150 Å². The van der Waals surface area contributed by atoms with Gasteiger partial charge in [0.05, 0.1) is 94.0 Å². The molecule has 0 spiro atoms. The molecule has 2 N–H and O–H groups in total. The Morgan fingerprint density at radius 2 is 0.414 bits per heavy atom. The first-order valence-electron chi connectivity index (χ1n) is 41.0. The van der Waals surface area contributed by atoms with E-state index in [0.29, 0.717) is 17.2 Å². The minimum Gasteiger partial charge on any atom is -0.454 e. The molecular formula is C104H77Cl13N8O3. The van der Waals surface area contributed by atoms with Crippen LogP contribution in [0.25, 0.3) is 89.7 Å². The Kier molecular flexibility index (Phi) is 23.4. The van der Waals surface area contributed by atoms with Crippen LogP contribution < -0.4 is 14.2 Å². The van der Waals surface area contributed by atoms with Crippen molar-refractivity contribution in [2.24, 2.45) is 0 Å². The average molecular weight is 1950 g/mol. The molecule has 2 aliphatic heterocycles. The SMILES string of the molecule is CC(C)(c1ccccc1)c1ccc(Oc2c(Cl)c(Cl)c3c(c2Cl)-c2nc-3nc3[nH]c(nc4nc(nc5[nH]c(n2)c2c(Cl)c(Cl)c(Cl)c(Cl)c52)-c2c(Cl)c(Cl)c(Oc5ccc(C(C)(C)c6ccccc6)cc5C(C)(C)c5ccccc5)c(Cl)c2-4)c2c(Cl)c(Cl)c(Oc4ccc(C(C)(C)c5ccccc5)cc4C(C)(C)c4ccccc4)c(Cl)c32)c(C(C)(C)c2ccccc2)c1. The molecule has 0 atom stereocenters. The number of fused-ring (bicyclic) bond motifs is 20. The Morgan fingerprint density at radius 3 is 0.672 bits per heavy atom. The van der Waals surface area contributed by atoms with Crippen LogP contribution in [0.2, 0.25) is 65.3 Å². The maximum Gasteiger partial charge on any atom is 0.166 e. The molecule has 128 heavy (non-hydrogen) atoms. The van der Waals surface area contributed by atoms with Crippen molar-refractivity contribution in [2.75, 3.05) is 0 Å². The largest absolute Gasteiger partial charge is 0.454 e. The van der Waals surface area contributed by atoms with Crippen LogP contribution in [0.15, 0.2) is 237 Å². The summed E-state index contributed by atoms with van der Waals surface area (Å²) in [5, 5.41) is -0.770. The summed E-state index contributed by atoms with van der Waals surface area (Å²) < 4.78 is 21.8. The molecule has 3 aromatic heterocycles. The molecular weight excluding hydrogens is 1870 g/mol. The van der Waals surface area contributed by atoms with E-state index in [1.807, 2.05) is 146 Å². The quantitative estimate of drug-likeness (QED) is 0.0635. The maximum absolute atomic E-state index is 8.14. The summed E-state index contributed by atoms with van der Waals surface area (Å²) in [6.07, 6.45) is 0. The molecule has 0 fully saturated rings. The number of aromatic nitrogens is 8. The number of aromatic amines is 2. The molecule has 24 heteroatoms. The number of halogens is 13. The lowest BCUT2D eigenvalue weighted by atomic mass is 9.73. The normalized spacial score (nSPS) is 12.6. The van der Waals surface area contributed by atoms with Crippen molar-refractivity contribution >= 4 is 195 Å². The lowest BCUT2D eigenvalue weighted by molar-refractivity contribution is 0.460. The number of nitrogens with zero attached hydrogens (tertiary/aromatic N) is 6. The average Bonchev–Trinajstić information content (AvgIpc) is 1.55. The van der Waals surface area contributed by atoms with Crippen molar-refractivity contribution in [3.63, 3.8) is 0 Å². The van der Waals surface area contributed by atoms with Gasteiger partial charge in [-0.15, -0.1) is 0 Å². The standard InChI is InChI=1S/C104H77Cl13N8O3/c1-99(2,52-31-19-13-20-32-52)58-43-46-64(61(49-58)102(7,8)55-37-25-16-26-38-55)126-88-80(110)72-69(77(107)85(88)115)93-119-91-67-68(76(106)84(114)83(113)75(67)105)92(118-91)120-96-73-70(78(108)86(116)89(81(73)111)127-65-47-44-59(100(3,4)53-33-21-14-22-34-53)50-62(65)103(9,10)56-39-27-17-28-40-56)94(122-96)124-98-74-71(95(125-98)123-97(72)121-93)79(109)87(117)90(82(74)112)128-66-48-45-60(101(5,6)54-35-23-15-24-36-54)51-63(66)104(11,12)57-41-29-18-30-42-57/h13-51H,1-12H3,(H2,118,119,120,121,122,123,124,125). The lowest BCUT2D eigenvalue weighted by Gasteiger charge is -2.32. The molecule has 0 aliphatic carbocycles. The van der Waals surface area contributed by atoms with Crippen LogP contribution in [-0.2, 0) is 32.5 Å². The van der Waals surface area contributed by atoms with E-state index in [1.54, 1.807) is 0 Å². The molecule has 0 saturated heterocycles. The number of hydrogen-bond acceptors (Lipinski definition) is 9. The van der Waals surface area contributed by atoms with Crippen molar-refractivity contribution in [1.29, 1.82) is 0 Å². The van der Waals surface area contributed by atoms with E-state index in [2.05, 4.69) is 184 Å². The summed E-state index contributed by atoms with van der Waals surface area (Å²) in [5.74, 6) is 0.610. The summed E-state index contributed by atoms with van der Waals surface area (Å²) in [7, 11) is 0. The number of nitrogens with one attached hydrogen (secondary N) is 2. The molecule has 0 radical (unpaired) electrons. The molecule has 13 aromatic carbocycles. The molecule has 642 valence electrons. The Hall–Kier alpha value is -9.61. The van der Waals surface area contributed by atoms with Crippen LogP contribution >= 0.6 is 151 Å². The molecule has 8 bridgehead atoms. The Bertz CT molecular complexity index is 7270. The van der Waals surface area contributed by atoms with Gasteiger partial charge in [-0.25, -0.2) is 29.9 Å². The van der Waals surface area contributed by atoms with Crippen molar-refractivity contribution in [3.05, 3.63) is 369 Å².